The summed E-state index contributed by atoms with van der Waals surface area (Å²) in [5, 5.41) is 9.35. The zero-order valence-electron chi connectivity index (χ0n) is 15.6. The predicted octanol–water partition coefficient (Wildman–Crippen LogP) is 4.11. The van der Waals surface area contributed by atoms with Crippen molar-refractivity contribution in [2.45, 2.75) is 13.8 Å². The molecule has 0 N–H and O–H groups in total. The van der Waals surface area contributed by atoms with Crippen LogP contribution in [0.1, 0.15) is 18.7 Å². The van der Waals surface area contributed by atoms with E-state index in [9.17, 15) is 14.9 Å². The van der Waals surface area contributed by atoms with Crippen LogP contribution < -0.4 is 0 Å². The SMILES string of the molecule is CCN1C(=O)C(C#N)=C(C)/C(=C/c2cc3c(cc(-c4ccco4)n3C)s2)C1=O. The number of imide groups is 1. The first-order valence-corrected chi connectivity index (χ1v) is 9.60. The number of aryl methyl sites for hydroxylation is 1. The summed E-state index contributed by atoms with van der Waals surface area (Å²) in [6.45, 7) is 3.60. The second-order valence-corrected chi connectivity index (χ2v) is 7.60. The normalized spacial score (nSPS) is 16.5. The predicted molar refractivity (Wildman–Crippen MR) is 107 cm³/mol. The molecule has 0 radical (unpaired) electrons. The zero-order chi connectivity index (χ0) is 20.0. The summed E-state index contributed by atoms with van der Waals surface area (Å²) in [5.74, 6) is -0.0930. The molecule has 0 spiro atoms. The largest absolute Gasteiger partial charge is 0.463 e. The molecule has 0 bridgehead atoms. The van der Waals surface area contributed by atoms with Crippen LogP contribution in [0.15, 0.2) is 51.7 Å². The van der Waals surface area contributed by atoms with Gasteiger partial charge in [-0.2, -0.15) is 5.26 Å². The Morgan fingerprint density at radius 1 is 1.29 bits per heavy atom. The summed E-state index contributed by atoms with van der Waals surface area (Å²) in [5.41, 5.74) is 2.84. The molecule has 2 amide bonds. The third kappa shape index (κ3) is 2.62. The van der Waals surface area contributed by atoms with Gasteiger partial charge in [0.1, 0.15) is 17.4 Å². The number of rotatable bonds is 3. The lowest BCUT2D eigenvalue weighted by atomic mass is 9.95. The van der Waals surface area contributed by atoms with E-state index in [0.29, 0.717) is 11.1 Å². The molecule has 0 atom stereocenters. The summed E-state index contributed by atoms with van der Waals surface area (Å²) >= 11 is 1.55. The third-order valence-electron chi connectivity index (χ3n) is 4.95. The highest BCUT2D eigenvalue weighted by Crippen LogP contribution is 2.35. The summed E-state index contributed by atoms with van der Waals surface area (Å²) in [6.07, 6.45) is 3.41. The quantitative estimate of drug-likeness (QED) is 0.497. The van der Waals surface area contributed by atoms with E-state index in [-0.39, 0.29) is 18.0 Å². The number of carbonyl (C=O) groups excluding carboxylic acids is 2. The highest BCUT2D eigenvalue weighted by atomic mass is 32.1. The second-order valence-electron chi connectivity index (χ2n) is 6.49. The summed E-state index contributed by atoms with van der Waals surface area (Å²) < 4.78 is 8.60. The molecule has 0 aliphatic carbocycles. The Morgan fingerprint density at radius 2 is 2.07 bits per heavy atom. The molecule has 0 saturated heterocycles. The minimum absolute atomic E-state index is 0.0221. The van der Waals surface area contributed by atoms with Crippen LogP contribution in [-0.2, 0) is 16.6 Å². The van der Waals surface area contributed by atoms with Crippen LogP contribution in [0, 0.1) is 11.3 Å². The van der Waals surface area contributed by atoms with E-state index in [0.717, 1.165) is 31.4 Å². The van der Waals surface area contributed by atoms with Crippen LogP contribution in [0.5, 0.6) is 0 Å². The minimum atomic E-state index is -0.524. The maximum atomic E-state index is 12.8. The van der Waals surface area contributed by atoms with Gasteiger partial charge in [0.2, 0.25) is 0 Å². The molecule has 1 aliphatic rings. The minimum Gasteiger partial charge on any atom is -0.463 e. The Morgan fingerprint density at radius 3 is 2.68 bits per heavy atom. The molecule has 0 aromatic carbocycles. The van der Waals surface area contributed by atoms with Gasteiger partial charge in [-0.1, -0.05) is 0 Å². The lowest BCUT2D eigenvalue weighted by molar-refractivity contribution is -0.140. The number of fused-ring (bicyclic) bond motifs is 1. The highest BCUT2D eigenvalue weighted by molar-refractivity contribution is 7.19. The van der Waals surface area contributed by atoms with Gasteiger partial charge < -0.3 is 8.98 Å². The van der Waals surface area contributed by atoms with Crippen LogP contribution in [-0.4, -0.2) is 27.8 Å². The molecule has 1 aliphatic heterocycles. The van der Waals surface area contributed by atoms with Crippen molar-refractivity contribution in [3.05, 3.63) is 52.1 Å². The number of hydrogen-bond acceptors (Lipinski definition) is 5. The van der Waals surface area contributed by atoms with Crippen molar-refractivity contribution in [3.8, 4) is 17.5 Å². The van der Waals surface area contributed by atoms with E-state index >= 15 is 0 Å². The van der Waals surface area contributed by atoms with E-state index in [1.807, 2.05) is 35.9 Å². The van der Waals surface area contributed by atoms with Crippen molar-refractivity contribution >= 4 is 39.4 Å². The highest BCUT2D eigenvalue weighted by Gasteiger charge is 2.34. The van der Waals surface area contributed by atoms with Gasteiger partial charge in [0.25, 0.3) is 11.8 Å². The number of amides is 2. The first-order valence-electron chi connectivity index (χ1n) is 8.78. The van der Waals surface area contributed by atoms with Gasteiger partial charge >= 0.3 is 0 Å². The molecular weight excluding hydrogens is 374 g/mol. The molecule has 4 rings (SSSR count). The fourth-order valence-corrected chi connectivity index (χ4v) is 4.49. The molecule has 0 fully saturated rings. The molecule has 28 heavy (non-hydrogen) atoms. The van der Waals surface area contributed by atoms with Crippen molar-refractivity contribution < 1.29 is 14.0 Å². The number of furan rings is 1. The van der Waals surface area contributed by atoms with Gasteiger partial charge in [0.05, 0.1) is 22.2 Å². The first-order chi connectivity index (χ1) is 13.5. The average molecular weight is 391 g/mol. The molecule has 6 nitrogen and oxygen atoms in total. The topological polar surface area (TPSA) is 79.2 Å². The van der Waals surface area contributed by atoms with Gasteiger partial charge in [-0.25, -0.2) is 0 Å². The molecule has 7 heteroatoms. The van der Waals surface area contributed by atoms with Crippen molar-refractivity contribution in [2.24, 2.45) is 7.05 Å². The Hall–Kier alpha value is -3.37. The molecule has 0 unspecified atom stereocenters. The van der Waals surface area contributed by atoms with Crippen LogP contribution in [0.4, 0.5) is 0 Å². The molecular formula is C21H17N3O3S. The Balaban J connectivity index is 1.81. The fraction of sp³-hybridized carbons (Fsp3) is 0.190. The Kier molecular flexibility index (Phi) is 4.28. The number of nitriles is 1. The van der Waals surface area contributed by atoms with E-state index in [2.05, 4.69) is 6.07 Å². The van der Waals surface area contributed by atoms with Crippen LogP contribution in [0.25, 0.3) is 27.7 Å². The molecule has 3 aromatic rings. The van der Waals surface area contributed by atoms with Crippen LogP contribution in [0.2, 0.25) is 0 Å². The second kappa shape index (κ2) is 6.66. The van der Waals surface area contributed by atoms with Crippen molar-refractivity contribution in [2.75, 3.05) is 6.54 Å². The van der Waals surface area contributed by atoms with Gasteiger partial charge in [-0.3, -0.25) is 14.5 Å². The maximum Gasteiger partial charge on any atom is 0.271 e. The number of likely N-dealkylation sites (N-methyl/N-ethyl adjacent to an activating group) is 1. The van der Waals surface area contributed by atoms with E-state index < -0.39 is 5.91 Å². The fourth-order valence-electron chi connectivity index (χ4n) is 3.42. The third-order valence-corrected chi connectivity index (χ3v) is 5.97. The van der Waals surface area contributed by atoms with Crippen molar-refractivity contribution in [1.82, 2.24) is 9.47 Å². The summed E-state index contributed by atoms with van der Waals surface area (Å²) in [6, 6.07) is 9.76. The molecule has 0 saturated carbocycles. The lowest BCUT2D eigenvalue weighted by Gasteiger charge is -2.26. The van der Waals surface area contributed by atoms with E-state index in [1.165, 1.54) is 0 Å². The molecule has 3 aromatic heterocycles. The average Bonchev–Trinajstić information content (AvgIpc) is 3.38. The van der Waals surface area contributed by atoms with Gasteiger partial charge in [0, 0.05) is 24.0 Å². The van der Waals surface area contributed by atoms with Gasteiger partial charge in [-0.05, 0) is 49.8 Å². The summed E-state index contributed by atoms with van der Waals surface area (Å²) in [4.78, 5) is 27.0. The number of carbonyl (C=O) groups is 2. The smallest absolute Gasteiger partial charge is 0.271 e. The van der Waals surface area contributed by atoms with Crippen molar-refractivity contribution in [1.29, 1.82) is 5.26 Å². The van der Waals surface area contributed by atoms with E-state index in [1.54, 1.807) is 37.5 Å². The Labute approximate surface area is 165 Å². The number of aromatic nitrogens is 1. The molecule has 4 heterocycles. The summed E-state index contributed by atoms with van der Waals surface area (Å²) in [7, 11) is 1.96. The maximum absolute atomic E-state index is 12.8. The Bertz CT molecular complexity index is 1220. The van der Waals surface area contributed by atoms with Crippen molar-refractivity contribution in [3.63, 3.8) is 0 Å². The van der Waals surface area contributed by atoms with Gasteiger partial charge in [0.15, 0.2) is 0 Å². The van der Waals surface area contributed by atoms with Gasteiger partial charge in [-0.15, -0.1) is 11.3 Å². The molecule has 140 valence electrons. The monoisotopic (exact) mass is 391 g/mol. The van der Waals surface area contributed by atoms with E-state index in [4.69, 9.17) is 4.42 Å². The standard InChI is InChI=1S/C21H17N3O3S/c1-4-24-20(25)14(12(2)15(11-22)21(24)26)8-13-9-17-19(28-13)10-16(23(17)3)18-6-5-7-27-18/h5-10H,4H2,1-3H3/b14-8-. The first kappa shape index (κ1) is 18.0. The lowest BCUT2D eigenvalue weighted by Crippen LogP contribution is -2.42. The number of hydrogen-bond donors (Lipinski definition) is 0. The number of thiophene rings is 1. The number of nitrogens with zero attached hydrogens (tertiary/aromatic N) is 3. The zero-order valence-corrected chi connectivity index (χ0v) is 16.5. The van der Waals surface area contributed by atoms with Crippen LogP contribution in [0.3, 0.4) is 0 Å². The van der Waals surface area contributed by atoms with Crippen LogP contribution >= 0.6 is 11.3 Å².